The topological polar surface area (TPSA) is 118 Å². The molecule has 0 aromatic carbocycles. The van der Waals surface area contributed by atoms with E-state index in [0.29, 0.717) is 0 Å². The van der Waals surface area contributed by atoms with Gasteiger partial charge < -0.3 is 0 Å². The van der Waals surface area contributed by atoms with E-state index in [9.17, 15) is 16.8 Å². The van der Waals surface area contributed by atoms with E-state index >= 15 is 0 Å². The average Bonchev–Trinajstić information content (AvgIpc) is 2.06. The van der Waals surface area contributed by atoms with Crippen LogP contribution in [-0.2, 0) is 45.9 Å². The SMILES string of the molecule is O=S=[N][Ge]([N]=S=O)([N]=S=O)[N]=S=O. The van der Waals surface area contributed by atoms with Crippen LogP contribution in [0.15, 0.2) is 13.3 Å². The summed E-state index contributed by atoms with van der Waals surface area (Å²) in [4.78, 5) is 0. The van der Waals surface area contributed by atoms with Gasteiger partial charge in [-0.25, -0.2) is 0 Å². The molecule has 0 fully saturated rings. The Hall–Kier alpha value is -0.177. The van der Waals surface area contributed by atoms with Gasteiger partial charge in [-0.15, -0.1) is 0 Å². The van der Waals surface area contributed by atoms with E-state index in [4.69, 9.17) is 0 Å². The van der Waals surface area contributed by atoms with Crippen LogP contribution in [0.25, 0.3) is 0 Å². The number of nitrogens with zero attached hydrogens (tertiary/aromatic N) is 4. The second kappa shape index (κ2) is 7.25. The standard InChI is InChI=1S/GeN4O4S4/c6-10-2-1(3-11-7,4-12-8)5-13-9. The van der Waals surface area contributed by atoms with Crippen LogP contribution in [0.1, 0.15) is 0 Å². The zero-order valence-electron chi connectivity index (χ0n) is 5.55. The summed E-state index contributed by atoms with van der Waals surface area (Å²) < 4.78 is 53.1. The van der Waals surface area contributed by atoms with Gasteiger partial charge in [0, 0.05) is 0 Å². The first-order valence-electron chi connectivity index (χ1n) is 2.29. The molecule has 0 aromatic heterocycles. The first kappa shape index (κ1) is 12.8. The van der Waals surface area contributed by atoms with Crippen LogP contribution in [0, 0.1) is 0 Å². The van der Waals surface area contributed by atoms with Crippen molar-refractivity contribution in [2.24, 2.45) is 13.3 Å². The van der Waals surface area contributed by atoms with E-state index in [1.54, 1.807) is 0 Å². The zero-order valence-corrected chi connectivity index (χ0v) is 10.9. The molecule has 0 amide bonds. The number of rotatable bonds is 4. The molecule has 0 bridgehead atoms. The van der Waals surface area contributed by atoms with Crippen molar-refractivity contribution in [3.05, 3.63) is 0 Å². The van der Waals surface area contributed by atoms with Crippen molar-refractivity contribution in [3.63, 3.8) is 0 Å². The fourth-order valence-electron chi connectivity index (χ4n) is 0.300. The molecule has 13 heteroatoms. The van der Waals surface area contributed by atoms with Crippen LogP contribution in [-0.4, -0.2) is 31.0 Å². The fourth-order valence-corrected chi connectivity index (χ4v) is 7.79. The minimum atomic E-state index is -4.22. The van der Waals surface area contributed by atoms with Crippen molar-refractivity contribution in [1.29, 1.82) is 0 Å². The van der Waals surface area contributed by atoms with Crippen LogP contribution in [0.2, 0.25) is 0 Å². The molecule has 0 saturated heterocycles. The average molecular weight is 321 g/mol. The second-order valence-corrected chi connectivity index (χ2v) is 9.70. The van der Waals surface area contributed by atoms with Gasteiger partial charge in [0.2, 0.25) is 0 Å². The molecule has 0 unspecified atom stereocenters. The number of hydrogen-bond acceptors (Lipinski definition) is 8. The summed E-state index contributed by atoms with van der Waals surface area (Å²) >= 11 is -5.22. The minimum absolute atomic E-state index is 0.251. The van der Waals surface area contributed by atoms with Gasteiger partial charge in [0.25, 0.3) is 0 Å². The Kier molecular flexibility index (Phi) is 7.15. The van der Waals surface area contributed by atoms with Gasteiger partial charge in [-0.3, -0.25) is 0 Å². The molecule has 0 aliphatic rings. The fraction of sp³-hybridized carbons (Fsp3) is 0. The monoisotopic (exact) mass is 322 g/mol. The summed E-state index contributed by atoms with van der Waals surface area (Å²) in [5.41, 5.74) is 0. The summed E-state index contributed by atoms with van der Waals surface area (Å²) in [6.45, 7) is 0. The van der Waals surface area contributed by atoms with Gasteiger partial charge in [-0.05, 0) is 0 Å². The normalized spacial score (nSPS) is 12.9. The summed E-state index contributed by atoms with van der Waals surface area (Å²) in [6.07, 6.45) is 0. The Morgan fingerprint density at radius 3 is 1.00 bits per heavy atom. The van der Waals surface area contributed by atoms with Gasteiger partial charge in [0.1, 0.15) is 0 Å². The molecule has 0 atom stereocenters. The van der Waals surface area contributed by atoms with E-state index in [2.05, 4.69) is 13.3 Å². The van der Waals surface area contributed by atoms with Crippen molar-refractivity contribution in [2.75, 3.05) is 0 Å². The molecule has 0 aliphatic heterocycles. The predicted molar refractivity (Wildman–Crippen MR) is 48.0 cm³/mol. The molecule has 0 spiro atoms. The Morgan fingerprint density at radius 1 is 0.615 bits per heavy atom. The van der Waals surface area contributed by atoms with Gasteiger partial charge in [-0.1, -0.05) is 0 Å². The third-order valence-corrected chi connectivity index (χ3v) is 9.96. The molecule has 0 aliphatic carbocycles. The van der Waals surface area contributed by atoms with Crippen LogP contribution in [0.3, 0.4) is 0 Å². The second-order valence-electron chi connectivity index (χ2n) is 1.26. The molecular formula is GeN4O4S4. The summed E-state index contributed by atoms with van der Waals surface area (Å²) in [5, 5.41) is 0. The Bertz CT molecular complexity index is 303. The van der Waals surface area contributed by atoms with E-state index in [0.717, 1.165) is 0 Å². The number of hydrogen-bond donors (Lipinski definition) is 0. The van der Waals surface area contributed by atoms with Gasteiger partial charge >= 0.3 is 90.1 Å². The maximum absolute atomic E-state index is 10.1. The Balaban J connectivity index is 5.52. The third-order valence-electron chi connectivity index (χ3n) is 0.639. The van der Waals surface area contributed by atoms with Crippen molar-refractivity contribution in [2.45, 2.75) is 0 Å². The van der Waals surface area contributed by atoms with E-state index in [1.165, 1.54) is 0 Å². The van der Waals surface area contributed by atoms with Crippen molar-refractivity contribution in [3.8, 4) is 0 Å². The van der Waals surface area contributed by atoms with Crippen molar-refractivity contribution >= 4 is 60.0 Å². The van der Waals surface area contributed by atoms with Crippen LogP contribution < -0.4 is 0 Å². The summed E-state index contributed by atoms with van der Waals surface area (Å²) in [7, 11) is 0. The predicted octanol–water partition coefficient (Wildman–Crippen LogP) is -0.992. The Morgan fingerprint density at radius 2 is 0.846 bits per heavy atom. The molecule has 0 aromatic rings. The molecule has 0 rings (SSSR count). The van der Waals surface area contributed by atoms with Crippen molar-refractivity contribution in [1.82, 2.24) is 0 Å². The van der Waals surface area contributed by atoms with Gasteiger partial charge in [-0.2, -0.15) is 0 Å². The molecule has 0 saturated carbocycles. The van der Waals surface area contributed by atoms with Crippen LogP contribution in [0.4, 0.5) is 0 Å². The van der Waals surface area contributed by atoms with E-state index < -0.39 is 14.2 Å². The molecule has 0 N–H and O–H groups in total. The summed E-state index contributed by atoms with van der Waals surface area (Å²) in [6, 6.07) is 0. The van der Waals surface area contributed by atoms with Gasteiger partial charge in [0.05, 0.1) is 0 Å². The quantitative estimate of drug-likeness (QED) is 0.618. The van der Waals surface area contributed by atoms with E-state index in [-0.39, 0.29) is 45.9 Å². The van der Waals surface area contributed by atoms with Crippen LogP contribution in [0.5, 0.6) is 0 Å². The van der Waals surface area contributed by atoms with Crippen LogP contribution >= 0.6 is 0 Å². The van der Waals surface area contributed by atoms with Crippen molar-refractivity contribution < 1.29 is 16.8 Å². The molecule has 0 radical (unpaired) electrons. The molecule has 13 heavy (non-hydrogen) atoms. The molecule has 0 heterocycles. The molecule has 72 valence electrons. The maximum atomic E-state index is 10.1. The third kappa shape index (κ3) is 4.56. The summed E-state index contributed by atoms with van der Waals surface area (Å²) in [5.74, 6) is 0. The first-order valence-corrected chi connectivity index (χ1v) is 8.84. The Labute approximate surface area is 89.7 Å². The zero-order chi connectivity index (χ0) is 10.2. The molecular weight excluding hydrogens is 321 g/mol. The molecule has 8 nitrogen and oxygen atoms in total. The van der Waals surface area contributed by atoms with Gasteiger partial charge in [0.15, 0.2) is 0 Å². The van der Waals surface area contributed by atoms with E-state index in [1.807, 2.05) is 0 Å². The first-order chi connectivity index (χ1) is 6.24.